The van der Waals surface area contributed by atoms with E-state index in [2.05, 4.69) is 80.2 Å². The minimum Gasteiger partial charge on any atom is -0.385 e. The molecule has 0 amide bonds. The Balaban J connectivity index is 2.36. The van der Waals surface area contributed by atoms with Crippen molar-refractivity contribution in [2.45, 2.75) is 33.2 Å². The molecular weight excluding hydrogens is 270 g/mol. The molecule has 114 valence electrons. The SMILES string of the molecule is CCNc1cccc2c1c(-c1ccccc1)nn2C(C)(C)C. The Bertz CT molecular complexity index is 780. The summed E-state index contributed by atoms with van der Waals surface area (Å²) in [6, 6.07) is 16.8. The number of hydrogen-bond acceptors (Lipinski definition) is 2. The second-order valence-electron chi connectivity index (χ2n) is 6.53. The monoisotopic (exact) mass is 293 g/mol. The van der Waals surface area contributed by atoms with E-state index >= 15 is 0 Å². The summed E-state index contributed by atoms with van der Waals surface area (Å²) in [6.45, 7) is 9.58. The van der Waals surface area contributed by atoms with Crippen LogP contribution in [-0.4, -0.2) is 16.3 Å². The maximum atomic E-state index is 4.95. The highest BCUT2D eigenvalue weighted by atomic mass is 15.3. The second-order valence-corrected chi connectivity index (χ2v) is 6.53. The lowest BCUT2D eigenvalue weighted by Gasteiger charge is -2.20. The van der Waals surface area contributed by atoms with E-state index in [-0.39, 0.29) is 5.54 Å². The van der Waals surface area contributed by atoms with E-state index in [0.29, 0.717) is 0 Å². The molecule has 1 aromatic heterocycles. The van der Waals surface area contributed by atoms with E-state index in [9.17, 15) is 0 Å². The van der Waals surface area contributed by atoms with Crippen molar-refractivity contribution in [2.24, 2.45) is 0 Å². The third-order valence-corrected chi connectivity index (χ3v) is 3.76. The van der Waals surface area contributed by atoms with Gasteiger partial charge in [0.15, 0.2) is 0 Å². The van der Waals surface area contributed by atoms with Gasteiger partial charge in [0.05, 0.1) is 16.4 Å². The quantitative estimate of drug-likeness (QED) is 0.745. The molecule has 0 bridgehead atoms. The molecule has 3 heteroatoms. The lowest BCUT2D eigenvalue weighted by atomic mass is 10.1. The zero-order valence-corrected chi connectivity index (χ0v) is 13.7. The third kappa shape index (κ3) is 2.47. The summed E-state index contributed by atoms with van der Waals surface area (Å²) in [4.78, 5) is 0. The largest absolute Gasteiger partial charge is 0.385 e. The summed E-state index contributed by atoms with van der Waals surface area (Å²) in [7, 11) is 0. The highest BCUT2D eigenvalue weighted by Crippen LogP contribution is 2.35. The van der Waals surface area contributed by atoms with Crippen LogP contribution >= 0.6 is 0 Å². The average molecular weight is 293 g/mol. The van der Waals surface area contributed by atoms with Gasteiger partial charge in [-0.3, -0.25) is 4.68 Å². The van der Waals surface area contributed by atoms with Gasteiger partial charge in [0.25, 0.3) is 0 Å². The van der Waals surface area contributed by atoms with Gasteiger partial charge < -0.3 is 5.32 Å². The van der Waals surface area contributed by atoms with Crippen LogP contribution in [0, 0.1) is 0 Å². The molecule has 1 heterocycles. The molecule has 22 heavy (non-hydrogen) atoms. The van der Waals surface area contributed by atoms with Gasteiger partial charge in [-0.15, -0.1) is 0 Å². The molecule has 0 atom stereocenters. The van der Waals surface area contributed by atoms with Crippen LogP contribution in [0.4, 0.5) is 5.69 Å². The summed E-state index contributed by atoms with van der Waals surface area (Å²) in [5, 5.41) is 9.62. The first-order valence-electron chi connectivity index (χ1n) is 7.84. The molecule has 1 N–H and O–H groups in total. The molecule has 2 aromatic carbocycles. The summed E-state index contributed by atoms with van der Waals surface area (Å²) in [5.41, 5.74) is 4.46. The predicted molar refractivity (Wildman–Crippen MR) is 94.3 cm³/mol. The lowest BCUT2D eigenvalue weighted by molar-refractivity contribution is 0.369. The Morgan fingerprint density at radius 2 is 1.73 bits per heavy atom. The van der Waals surface area contributed by atoms with Crippen molar-refractivity contribution >= 4 is 16.6 Å². The minimum atomic E-state index is -0.0594. The minimum absolute atomic E-state index is 0.0594. The molecule has 0 aliphatic carbocycles. The fourth-order valence-corrected chi connectivity index (χ4v) is 2.82. The van der Waals surface area contributed by atoms with Crippen molar-refractivity contribution in [3.63, 3.8) is 0 Å². The summed E-state index contributed by atoms with van der Waals surface area (Å²) < 4.78 is 2.13. The van der Waals surface area contributed by atoms with Crippen LogP contribution in [-0.2, 0) is 5.54 Å². The molecule has 0 unspecified atom stereocenters. The first-order valence-corrected chi connectivity index (χ1v) is 7.84. The van der Waals surface area contributed by atoms with Crippen molar-refractivity contribution in [1.82, 2.24) is 9.78 Å². The van der Waals surface area contributed by atoms with E-state index in [0.717, 1.165) is 23.5 Å². The van der Waals surface area contributed by atoms with E-state index < -0.39 is 0 Å². The van der Waals surface area contributed by atoms with Gasteiger partial charge in [0.2, 0.25) is 0 Å². The topological polar surface area (TPSA) is 29.9 Å². The lowest BCUT2D eigenvalue weighted by Crippen LogP contribution is -2.22. The molecule has 0 saturated heterocycles. The molecule has 3 rings (SSSR count). The number of benzene rings is 2. The van der Waals surface area contributed by atoms with Crippen molar-refractivity contribution in [3.8, 4) is 11.3 Å². The number of nitrogens with zero attached hydrogens (tertiary/aromatic N) is 2. The van der Waals surface area contributed by atoms with Crippen LogP contribution in [0.15, 0.2) is 48.5 Å². The van der Waals surface area contributed by atoms with Crippen LogP contribution in [0.2, 0.25) is 0 Å². The molecule has 0 fully saturated rings. The highest BCUT2D eigenvalue weighted by molar-refractivity contribution is 6.02. The smallest absolute Gasteiger partial charge is 0.102 e. The molecule has 3 nitrogen and oxygen atoms in total. The average Bonchev–Trinajstić information content (AvgIpc) is 2.89. The fourth-order valence-electron chi connectivity index (χ4n) is 2.82. The molecule has 3 aromatic rings. The molecular formula is C19H23N3. The van der Waals surface area contributed by atoms with Crippen molar-refractivity contribution in [2.75, 3.05) is 11.9 Å². The van der Waals surface area contributed by atoms with E-state index in [4.69, 9.17) is 5.10 Å². The van der Waals surface area contributed by atoms with Gasteiger partial charge in [-0.05, 0) is 39.8 Å². The number of nitrogens with one attached hydrogen (secondary N) is 1. The summed E-state index contributed by atoms with van der Waals surface area (Å²) in [6.07, 6.45) is 0. The Morgan fingerprint density at radius 3 is 2.36 bits per heavy atom. The maximum Gasteiger partial charge on any atom is 0.102 e. The number of anilines is 1. The van der Waals surface area contributed by atoms with Crippen molar-refractivity contribution in [3.05, 3.63) is 48.5 Å². The van der Waals surface area contributed by atoms with Gasteiger partial charge in [-0.2, -0.15) is 5.10 Å². The van der Waals surface area contributed by atoms with Crippen LogP contribution in [0.3, 0.4) is 0 Å². The first kappa shape index (κ1) is 14.6. The van der Waals surface area contributed by atoms with Crippen molar-refractivity contribution in [1.29, 1.82) is 0 Å². The van der Waals surface area contributed by atoms with Gasteiger partial charge >= 0.3 is 0 Å². The Morgan fingerprint density at radius 1 is 1.00 bits per heavy atom. The van der Waals surface area contributed by atoms with E-state index in [1.54, 1.807) is 0 Å². The predicted octanol–water partition coefficient (Wildman–Crippen LogP) is 4.89. The van der Waals surface area contributed by atoms with Gasteiger partial charge in [0.1, 0.15) is 5.69 Å². The number of rotatable bonds is 3. The summed E-state index contributed by atoms with van der Waals surface area (Å²) in [5.74, 6) is 0. The van der Waals surface area contributed by atoms with Crippen LogP contribution in [0.5, 0.6) is 0 Å². The Hall–Kier alpha value is -2.29. The van der Waals surface area contributed by atoms with Gasteiger partial charge in [0, 0.05) is 17.8 Å². The van der Waals surface area contributed by atoms with E-state index in [1.807, 2.05) is 6.07 Å². The maximum absolute atomic E-state index is 4.95. The standard InChI is InChI=1S/C19H23N3/c1-5-20-15-12-9-13-16-17(15)18(14-10-7-6-8-11-14)21-22(16)19(2,3)4/h6-13,20H,5H2,1-4H3. The number of fused-ring (bicyclic) bond motifs is 1. The zero-order valence-electron chi connectivity index (χ0n) is 13.7. The van der Waals surface area contributed by atoms with Crippen molar-refractivity contribution < 1.29 is 0 Å². The third-order valence-electron chi connectivity index (χ3n) is 3.76. The number of aromatic nitrogens is 2. The van der Waals surface area contributed by atoms with Crippen LogP contribution in [0.25, 0.3) is 22.2 Å². The molecule has 0 aliphatic heterocycles. The Labute approximate surface area is 132 Å². The van der Waals surface area contributed by atoms with Gasteiger partial charge in [-0.1, -0.05) is 36.4 Å². The van der Waals surface area contributed by atoms with Crippen LogP contribution in [0.1, 0.15) is 27.7 Å². The molecule has 0 saturated carbocycles. The highest BCUT2D eigenvalue weighted by Gasteiger charge is 2.22. The molecule has 0 aliphatic rings. The van der Waals surface area contributed by atoms with E-state index in [1.165, 1.54) is 10.9 Å². The normalized spacial score (nSPS) is 11.8. The number of hydrogen-bond donors (Lipinski definition) is 1. The first-order chi connectivity index (χ1) is 10.5. The second kappa shape index (κ2) is 5.48. The van der Waals surface area contributed by atoms with Gasteiger partial charge in [-0.25, -0.2) is 0 Å². The summed E-state index contributed by atoms with van der Waals surface area (Å²) >= 11 is 0. The zero-order chi connectivity index (χ0) is 15.7. The molecule has 0 radical (unpaired) electrons. The fraction of sp³-hybridized carbons (Fsp3) is 0.316. The molecule has 0 spiro atoms. The Kier molecular flexibility index (Phi) is 3.65. The van der Waals surface area contributed by atoms with Crippen LogP contribution < -0.4 is 5.32 Å².